The van der Waals surface area contributed by atoms with Gasteiger partial charge >= 0.3 is 0 Å². The third-order valence-corrected chi connectivity index (χ3v) is 4.53. The molecule has 0 fully saturated rings. The van der Waals surface area contributed by atoms with Crippen LogP contribution in [0, 0.1) is 0 Å². The van der Waals surface area contributed by atoms with E-state index in [-0.39, 0.29) is 11.5 Å². The Balaban J connectivity index is 2.50. The zero-order valence-corrected chi connectivity index (χ0v) is 12.2. The van der Waals surface area contributed by atoms with E-state index in [2.05, 4.69) is 5.32 Å². The third kappa shape index (κ3) is 4.70. The van der Waals surface area contributed by atoms with Gasteiger partial charge < -0.3 is 15.2 Å². The van der Waals surface area contributed by atoms with Gasteiger partial charge in [0.05, 0.1) is 12.9 Å². The van der Waals surface area contributed by atoms with Gasteiger partial charge in [-0.25, -0.2) is 12.7 Å². The molecule has 2 N–H and O–H groups in total. The molecule has 1 aromatic carbocycles. The van der Waals surface area contributed by atoms with E-state index in [9.17, 15) is 13.5 Å². The highest BCUT2D eigenvalue weighted by Gasteiger charge is 2.12. The summed E-state index contributed by atoms with van der Waals surface area (Å²) in [5.74, 6) is 0.823. The molecule has 0 radical (unpaired) electrons. The maximum Gasteiger partial charge on any atom is 0.214 e. The Morgan fingerprint density at radius 3 is 2.63 bits per heavy atom. The number of rotatable bonds is 7. The topological polar surface area (TPSA) is 78.9 Å². The Kier molecular flexibility index (Phi) is 5.59. The van der Waals surface area contributed by atoms with Crippen molar-refractivity contribution < 1.29 is 18.3 Å². The summed E-state index contributed by atoms with van der Waals surface area (Å²) in [6.45, 7) is 0.698. The molecule has 0 bridgehead atoms. The molecule has 0 aliphatic carbocycles. The van der Waals surface area contributed by atoms with Crippen molar-refractivity contribution >= 4 is 10.0 Å². The lowest BCUT2D eigenvalue weighted by molar-refractivity contribution is 0.410. The second-order valence-corrected chi connectivity index (χ2v) is 6.57. The number of phenols is 1. The fourth-order valence-corrected chi connectivity index (χ4v) is 2.20. The molecule has 0 aliphatic rings. The Bertz CT molecular complexity index is 514. The van der Waals surface area contributed by atoms with Gasteiger partial charge in [0.2, 0.25) is 10.0 Å². The Labute approximate surface area is 114 Å². The van der Waals surface area contributed by atoms with Gasteiger partial charge in [-0.2, -0.15) is 0 Å². The van der Waals surface area contributed by atoms with Crippen LogP contribution in [0.4, 0.5) is 0 Å². The molecule has 0 aromatic heterocycles. The lowest BCUT2D eigenvalue weighted by atomic mass is 10.2. The lowest BCUT2D eigenvalue weighted by Gasteiger charge is -2.12. The van der Waals surface area contributed by atoms with Gasteiger partial charge in [0.1, 0.15) is 11.5 Å². The molecule has 7 heteroatoms. The summed E-state index contributed by atoms with van der Waals surface area (Å²) in [6.07, 6.45) is 0. The molecule has 1 aromatic rings. The molecule has 1 rings (SSSR count). The fraction of sp³-hybridized carbons (Fsp3) is 0.500. The Morgan fingerprint density at radius 2 is 2.05 bits per heavy atom. The first kappa shape index (κ1) is 15.7. The first-order chi connectivity index (χ1) is 8.86. The van der Waals surface area contributed by atoms with Gasteiger partial charge in [-0.15, -0.1) is 0 Å². The third-order valence-electron chi connectivity index (χ3n) is 2.70. The molecule has 0 atom stereocenters. The van der Waals surface area contributed by atoms with E-state index in [1.165, 1.54) is 18.4 Å². The number of sulfonamides is 1. The van der Waals surface area contributed by atoms with E-state index in [0.29, 0.717) is 24.4 Å². The van der Waals surface area contributed by atoms with E-state index < -0.39 is 10.0 Å². The summed E-state index contributed by atoms with van der Waals surface area (Å²) in [4.78, 5) is 0. The molecular formula is C12H20N2O4S. The smallest absolute Gasteiger partial charge is 0.214 e. The predicted octanol–water partition coefficient (Wildman–Crippen LogP) is 0.382. The van der Waals surface area contributed by atoms with Gasteiger partial charge in [0.25, 0.3) is 0 Å². The molecule has 0 amide bonds. The summed E-state index contributed by atoms with van der Waals surface area (Å²) in [6, 6.07) is 4.92. The summed E-state index contributed by atoms with van der Waals surface area (Å²) in [5, 5.41) is 12.6. The van der Waals surface area contributed by atoms with Gasteiger partial charge in [-0.1, -0.05) is 0 Å². The monoisotopic (exact) mass is 288 g/mol. The predicted molar refractivity (Wildman–Crippen MR) is 73.8 cm³/mol. The number of methoxy groups -OCH3 is 1. The second kappa shape index (κ2) is 6.74. The molecule has 0 unspecified atom stereocenters. The van der Waals surface area contributed by atoms with E-state index >= 15 is 0 Å². The first-order valence-electron chi connectivity index (χ1n) is 5.83. The van der Waals surface area contributed by atoms with Crippen molar-refractivity contribution in [2.45, 2.75) is 6.54 Å². The van der Waals surface area contributed by atoms with E-state index in [0.717, 1.165) is 0 Å². The molecule has 19 heavy (non-hydrogen) atoms. The fourth-order valence-electron chi connectivity index (χ4n) is 1.44. The maximum absolute atomic E-state index is 11.5. The molecule has 0 spiro atoms. The number of nitrogens with zero attached hydrogens (tertiary/aromatic N) is 1. The number of phenolic OH excluding ortho intramolecular Hbond substituents is 1. The van der Waals surface area contributed by atoms with Gasteiger partial charge in [-0.3, -0.25) is 0 Å². The van der Waals surface area contributed by atoms with Crippen molar-refractivity contribution in [3.05, 3.63) is 23.8 Å². The molecule has 0 saturated carbocycles. The normalized spacial score (nSPS) is 11.8. The van der Waals surface area contributed by atoms with Gasteiger partial charge in [-0.05, 0) is 18.2 Å². The van der Waals surface area contributed by atoms with E-state index in [1.54, 1.807) is 25.3 Å². The van der Waals surface area contributed by atoms with Gasteiger partial charge in [0.15, 0.2) is 0 Å². The standard InChI is InChI=1S/C12H20N2O4S/c1-14(2)19(16,17)7-6-13-9-10-8-11(18-3)4-5-12(10)15/h4-5,8,13,15H,6-7,9H2,1-3H3. The average Bonchev–Trinajstić information content (AvgIpc) is 2.36. The number of hydrogen-bond acceptors (Lipinski definition) is 5. The van der Waals surface area contributed by atoms with Crippen molar-refractivity contribution in [2.75, 3.05) is 33.5 Å². The first-order valence-corrected chi connectivity index (χ1v) is 7.44. The number of benzene rings is 1. The minimum absolute atomic E-state index is 0.0186. The highest BCUT2D eigenvalue weighted by atomic mass is 32.2. The number of nitrogens with one attached hydrogen (secondary N) is 1. The van der Waals surface area contributed by atoms with Crippen LogP contribution in [-0.4, -0.2) is 51.3 Å². The molecule has 0 heterocycles. The molecule has 6 nitrogen and oxygen atoms in total. The highest BCUT2D eigenvalue weighted by Crippen LogP contribution is 2.22. The average molecular weight is 288 g/mol. The number of aromatic hydroxyl groups is 1. The molecule has 0 aliphatic heterocycles. The Morgan fingerprint density at radius 1 is 1.37 bits per heavy atom. The SMILES string of the molecule is COc1ccc(O)c(CNCCS(=O)(=O)N(C)C)c1. The van der Waals surface area contributed by atoms with E-state index in [1.807, 2.05) is 0 Å². The van der Waals surface area contributed by atoms with Crippen molar-refractivity contribution in [3.63, 3.8) is 0 Å². The largest absolute Gasteiger partial charge is 0.508 e. The van der Waals surface area contributed by atoms with Crippen molar-refractivity contribution in [1.29, 1.82) is 0 Å². The van der Waals surface area contributed by atoms with Crippen LogP contribution >= 0.6 is 0 Å². The zero-order valence-electron chi connectivity index (χ0n) is 11.4. The summed E-state index contributed by atoms with van der Waals surface area (Å²) >= 11 is 0. The van der Waals surface area contributed by atoms with Crippen LogP contribution in [0.25, 0.3) is 0 Å². The van der Waals surface area contributed by atoms with Crippen LogP contribution in [-0.2, 0) is 16.6 Å². The number of ether oxygens (including phenoxy) is 1. The maximum atomic E-state index is 11.5. The van der Waals surface area contributed by atoms with Gasteiger partial charge in [0, 0.05) is 32.7 Å². The summed E-state index contributed by atoms with van der Waals surface area (Å²) in [7, 11) is 1.36. The van der Waals surface area contributed by atoms with Crippen LogP contribution in [0.2, 0.25) is 0 Å². The summed E-state index contributed by atoms with van der Waals surface area (Å²) in [5.41, 5.74) is 0.668. The quantitative estimate of drug-likeness (QED) is 0.709. The van der Waals surface area contributed by atoms with Crippen molar-refractivity contribution in [2.24, 2.45) is 0 Å². The van der Waals surface area contributed by atoms with Crippen LogP contribution < -0.4 is 10.1 Å². The van der Waals surface area contributed by atoms with Crippen LogP contribution in [0.3, 0.4) is 0 Å². The lowest BCUT2D eigenvalue weighted by Crippen LogP contribution is -2.31. The highest BCUT2D eigenvalue weighted by molar-refractivity contribution is 7.89. The minimum atomic E-state index is -3.19. The van der Waals surface area contributed by atoms with Crippen molar-refractivity contribution in [1.82, 2.24) is 9.62 Å². The van der Waals surface area contributed by atoms with Crippen molar-refractivity contribution in [3.8, 4) is 11.5 Å². The number of hydrogen-bond donors (Lipinski definition) is 2. The molecule has 108 valence electrons. The summed E-state index contributed by atoms with van der Waals surface area (Å²) < 4.78 is 29.3. The van der Waals surface area contributed by atoms with Crippen LogP contribution in [0.15, 0.2) is 18.2 Å². The molecular weight excluding hydrogens is 268 g/mol. The van der Waals surface area contributed by atoms with Crippen LogP contribution in [0.5, 0.6) is 11.5 Å². The van der Waals surface area contributed by atoms with E-state index in [4.69, 9.17) is 4.74 Å². The minimum Gasteiger partial charge on any atom is -0.508 e. The van der Waals surface area contributed by atoms with Crippen LogP contribution in [0.1, 0.15) is 5.56 Å². The second-order valence-electron chi connectivity index (χ2n) is 4.27. The molecule has 0 saturated heterocycles. The Hall–Kier alpha value is -1.31. The zero-order chi connectivity index (χ0) is 14.5.